The highest BCUT2D eigenvalue weighted by atomic mass is 16.5. The number of carbonyl (C=O) groups is 2. The Balaban J connectivity index is 1.18. The zero-order chi connectivity index (χ0) is 43.9. The number of hydrogen-bond donors (Lipinski definition) is 2. The van der Waals surface area contributed by atoms with Crippen LogP contribution in [0.3, 0.4) is 0 Å². The van der Waals surface area contributed by atoms with Gasteiger partial charge >= 0.3 is 12.2 Å². The molecule has 1 aliphatic heterocycles. The van der Waals surface area contributed by atoms with Crippen LogP contribution in [0.2, 0.25) is 0 Å². The first kappa shape index (κ1) is 40.7. The van der Waals surface area contributed by atoms with Crippen molar-refractivity contribution in [3.05, 3.63) is 216 Å². The Morgan fingerprint density at radius 2 is 1.38 bits per heavy atom. The second-order valence-electron chi connectivity index (χ2n) is 16.8. The van der Waals surface area contributed by atoms with Gasteiger partial charge < -0.3 is 14.9 Å². The van der Waals surface area contributed by atoms with Gasteiger partial charge in [-0.3, -0.25) is 4.90 Å². The number of para-hydroxylation sites is 1. The van der Waals surface area contributed by atoms with Crippen molar-refractivity contribution in [3.63, 3.8) is 0 Å². The number of ether oxygens (including phenoxy) is 1. The van der Waals surface area contributed by atoms with Gasteiger partial charge in [-0.05, 0) is 111 Å². The Morgan fingerprint density at radius 3 is 2.10 bits per heavy atom. The molecule has 1 heterocycles. The van der Waals surface area contributed by atoms with Crippen LogP contribution in [0.25, 0.3) is 38.2 Å². The first-order valence-corrected chi connectivity index (χ1v) is 21.3. The third-order valence-electron chi connectivity index (χ3n) is 12.6. The van der Waals surface area contributed by atoms with Crippen LogP contribution in [0.1, 0.15) is 48.6 Å². The van der Waals surface area contributed by atoms with E-state index >= 15 is 0 Å². The third-order valence-corrected chi connectivity index (χ3v) is 12.6. The van der Waals surface area contributed by atoms with E-state index in [4.69, 9.17) is 11.3 Å². The van der Waals surface area contributed by atoms with Crippen molar-refractivity contribution in [1.29, 1.82) is 0 Å². The summed E-state index contributed by atoms with van der Waals surface area (Å²) in [6.45, 7) is 11.6. The number of hydrogen-bond acceptors (Lipinski definition) is 3. The van der Waals surface area contributed by atoms with E-state index in [-0.39, 0.29) is 0 Å². The Hall–Kier alpha value is -7.64. The molecule has 0 fully saturated rings. The number of anilines is 2. The molecule has 7 aromatic carbocycles. The molecular formula is C56H48N2O5. The minimum atomic E-state index is -1.14. The van der Waals surface area contributed by atoms with Crippen molar-refractivity contribution in [1.82, 2.24) is 0 Å². The molecule has 0 bridgehead atoms. The molecule has 2 N–H and O–H groups in total. The van der Waals surface area contributed by atoms with Crippen molar-refractivity contribution in [2.45, 2.75) is 44.4 Å². The van der Waals surface area contributed by atoms with Gasteiger partial charge in [-0.15, -0.1) is 0 Å². The number of carboxylic acid groups (broad SMARTS) is 2. The lowest BCUT2D eigenvalue weighted by Crippen LogP contribution is -2.49. The van der Waals surface area contributed by atoms with Crippen LogP contribution in [0.5, 0.6) is 5.75 Å². The number of allylic oxidation sites excluding steroid dienone is 5. The van der Waals surface area contributed by atoms with Gasteiger partial charge in [0.1, 0.15) is 5.75 Å². The molecule has 1 spiro atoms. The topological polar surface area (TPSA) is 90.3 Å². The summed E-state index contributed by atoms with van der Waals surface area (Å²) in [7, 11) is 0. The molecule has 1 unspecified atom stereocenters. The summed E-state index contributed by atoms with van der Waals surface area (Å²) in [5.41, 5.74) is 7.86. The highest BCUT2D eigenvalue weighted by Gasteiger charge is 2.52. The standard InChI is InChI=1S/C56H48N2O5/c1-5-63-40-22-19-20-38(34-40)35-55(3,4)51-46-28-13-11-25-43(46)44-26-12-14-29-47(44)52(51)57(53(59)60)33-18-6-7-32-50-56(36-39-21-8-16-30-48(39)56)37(2)41-23-9-10-24-42(41)45-27-15-17-31-49(45)58(50)54(61)62/h6-34H,2,5,35-36H2,1,3-4H3,(H,59,60)(H,61,62)/b7-6+,33-18+,50-32-. The normalized spacial score (nSPS) is 16.5. The summed E-state index contributed by atoms with van der Waals surface area (Å²) in [4.78, 5) is 29.9. The highest BCUT2D eigenvalue weighted by molar-refractivity contribution is 6.18. The molecule has 1 aliphatic carbocycles. The van der Waals surface area contributed by atoms with E-state index in [0.717, 1.165) is 71.8 Å². The van der Waals surface area contributed by atoms with E-state index in [1.807, 2.05) is 116 Å². The second-order valence-corrected chi connectivity index (χ2v) is 16.8. The lowest BCUT2D eigenvalue weighted by molar-refractivity contribution is 0.202. The number of amides is 2. The fraction of sp³-hybridized carbons (Fsp3) is 0.143. The van der Waals surface area contributed by atoms with E-state index in [9.17, 15) is 19.8 Å². The molecule has 0 radical (unpaired) electrons. The molecule has 63 heavy (non-hydrogen) atoms. The van der Waals surface area contributed by atoms with E-state index in [1.165, 1.54) is 9.80 Å². The third kappa shape index (κ3) is 6.96. The minimum Gasteiger partial charge on any atom is -0.494 e. The number of rotatable bonds is 9. The number of benzene rings is 7. The molecule has 2 aliphatic rings. The zero-order valence-electron chi connectivity index (χ0n) is 35.6. The molecule has 9 rings (SSSR count). The Morgan fingerprint density at radius 1 is 0.746 bits per heavy atom. The van der Waals surface area contributed by atoms with Gasteiger partial charge in [-0.2, -0.15) is 0 Å². The summed E-state index contributed by atoms with van der Waals surface area (Å²) in [6.07, 6.45) is 7.60. The van der Waals surface area contributed by atoms with Crippen LogP contribution in [-0.2, 0) is 23.7 Å². The van der Waals surface area contributed by atoms with E-state index in [1.54, 1.807) is 24.4 Å². The molecule has 1 atom stereocenters. The smallest absolute Gasteiger partial charge is 0.416 e. The summed E-state index contributed by atoms with van der Waals surface area (Å²) < 4.78 is 5.85. The molecule has 7 nitrogen and oxygen atoms in total. The minimum absolute atomic E-state index is 0.540. The summed E-state index contributed by atoms with van der Waals surface area (Å²) >= 11 is 0. The molecule has 2 amide bonds. The lowest BCUT2D eigenvalue weighted by Gasteiger charge is -2.51. The maximum absolute atomic E-state index is 13.6. The zero-order valence-corrected chi connectivity index (χ0v) is 35.6. The molecular weight excluding hydrogens is 781 g/mol. The summed E-state index contributed by atoms with van der Waals surface area (Å²) in [6, 6.07) is 48.0. The summed E-state index contributed by atoms with van der Waals surface area (Å²) in [5.74, 6) is 0.794. The first-order valence-electron chi connectivity index (χ1n) is 21.3. The number of fused-ring (bicyclic) bond motifs is 8. The van der Waals surface area contributed by atoms with Crippen molar-refractivity contribution < 1.29 is 24.5 Å². The van der Waals surface area contributed by atoms with Gasteiger partial charge in [0.25, 0.3) is 0 Å². The van der Waals surface area contributed by atoms with Crippen LogP contribution < -0.4 is 14.5 Å². The summed E-state index contributed by atoms with van der Waals surface area (Å²) in [5, 5.41) is 26.0. The maximum Gasteiger partial charge on any atom is 0.416 e. The predicted octanol–water partition coefficient (Wildman–Crippen LogP) is 13.7. The van der Waals surface area contributed by atoms with E-state index < -0.39 is 23.0 Å². The fourth-order valence-electron chi connectivity index (χ4n) is 10.0. The van der Waals surface area contributed by atoms with Gasteiger partial charge in [-0.1, -0.05) is 160 Å². The van der Waals surface area contributed by atoms with Crippen molar-refractivity contribution in [3.8, 4) is 16.9 Å². The molecule has 0 saturated heterocycles. The predicted molar refractivity (Wildman–Crippen MR) is 256 cm³/mol. The van der Waals surface area contributed by atoms with Crippen LogP contribution >= 0.6 is 0 Å². The van der Waals surface area contributed by atoms with Crippen LogP contribution in [0, 0.1) is 0 Å². The van der Waals surface area contributed by atoms with Gasteiger partial charge in [-0.25, -0.2) is 14.5 Å². The first-order chi connectivity index (χ1) is 30.5. The SMILES string of the molecule is C=C1c2ccccc2-c2ccccc2N(C(=O)O)\C(=C/C=C/C=C/N(C(=O)O)c2c(C(C)(C)Cc3cccc(OCC)c3)c3ccccc3c3ccccc23)C12Cc1ccccc12. The molecule has 0 aromatic heterocycles. The van der Waals surface area contributed by atoms with Gasteiger partial charge in [0.05, 0.1) is 23.4 Å². The van der Waals surface area contributed by atoms with Crippen molar-refractivity contribution in [2.75, 3.05) is 16.4 Å². The molecule has 0 saturated carbocycles. The fourth-order valence-corrected chi connectivity index (χ4v) is 10.0. The van der Waals surface area contributed by atoms with E-state index in [2.05, 4.69) is 56.3 Å². The number of nitrogens with zero attached hydrogens (tertiary/aromatic N) is 2. The molecule has 7 aromatic rings. The van der Waals surface area contributed by atoms with Crippen LogP contribution in [0.4, 0.5) is 21.0 Å². The molecule has 7 heteroatoms. The lowest BCUT2D eigenvalue weighted by atomic mass is 9.56. The molecule has 312 valence electrons. The average Bonchev–Trinajstić information content (AvgIpc) is 3.27. The van der Waals surface area contributed by atoms with Crippen molar-refractivity contribution in [2.24, 2.45) is 0 Å². The van der Waals surface area contributed by atoms with E-state index in [0.29, 0.717) is 36.5 Å². The van der Waals surface area contributed by atoms with Crippen LogP contribution in [-0.4, -0.2) is 29.0 Å². The largest absolute Gasteiger partial charge is 0.494 e. The maximum atomic E-state index is 13.6. The average molecular weight is 829 g/mol. The Kier molecular flexibility index (Phi) is 10.6. The van der Waals surface area contributed by atoms with Gasteiger partial charge in [0.15, 0.2) is 0 Å². The van der Waals surface area contributed by atoms with Crippen LogP contribution in [0.15, 0.2) is 188 Å². The van der Waals surface area contributed by atoms with Gasteiger partial charge in [0.2, 0.25) is 0 Å². The highest BCUT2D eigenvalue weighted by Crippen LogP contribution is 2.58. The van der Waals surface area contributed by atoms with Gasteiger partial charge in [0, 0.05) is 22.8 Å². The quantitative estimate of drug-likeness (QED) is 0.112. The van der Waals surface area contributed by atoms with Crippen molar-refractivity contribution >= 4 is 50.7 Å². The second kappa shape index (κ2) is 16.3. The Bertz CT molecular complexity index is 3070. The monoisotopic (exact) mass is 828 g/mol. The Labute approximate surface area is 367 Å².